The van der Waals surface area contributed by atoms with Gasteiger partial charge in [-0.25, -0.2) is 9.78 Å². The molecule has 0 amide bonds. The summed E-state index contributed by atoms with van der Waals surface area (Å²) in [5.74, 6) is 6.02. The number of carboxylic acid groups (broad SMARTS) is 1. The van der Waals surface area contributed by atoms with Crippen LogP contribution in [0.2, 0.25) is 0 Å². The molecule has 37 heavy (non-hydrogen) atoms. The van der Waals surface area contributed by atoms with Gasteiger partial charge in [0.05, 0.1) is 5.56 Å². The number of nitrogens with zero attached hydrogens (tertiary/aromatic N) is 1. The summed E-state index contributed by atoms with van der Waals surface area (Å²) >= 11 is 0. The second kappa shape index (κ2) is 11.1. The molecule has 0 atom stereocenters. The Morgan fingerprint density at radius 1 is 0.730 bits per heavy atom. The predicted molar refractivity (Wildman–Crippen MR) is 143 cm³/mol. The van der Waals surface area contributed by atoms with Gasteiger partial charge < -0.3 is 14.6 Å². The minimum absolute atomic E-state index is 0.131. The molecule has 0 radical (unpaired) electrons. The molecule has 0 fully saturated rings. The van der Waals surface area contributed by atoms with Crippen molar-refractivity contribution < 1.29 is 19.4 Å². The number of benzene rings is 4. The number of hydrogen-bond donors (Lipinski definition) is 1. The number of carboxylic acids is 1. The molecular weight excluding hydrogens is 462 g/mol. The first-order chi connectivity index (χ1) is 18.2. The van der Waals surface area contributed by atoms with Gasteiger partial charge in [-0.05, 0) is 35.4 Å². The van der Waals surface area contributed by atoms with Crippen LogP contribution in [0.25, 0.3) is 10.9 Å². The van der Waals surface area contributed by atoms with E-state index in [2.05, 4.69) is 16.8 Å². The van der Waals surface area contributed by atoms with E-state index < -0.39 is 5.97 Å². The molecule has 0 aliphatic heterocycles. The topological polar surface area (TPSA) is 68.7 Å². The molecule has 5 rings (SSSR count). The summed E-state index contributed by atoms with van der Waals surface area (Å²) in [6.07, 6.45) is 0. The molecule has 0 spiro atoms. The minimum atomic E-state index is -1.15. The Hall–Kier alpha value is -5.08. The van der Waals surface area contributed by atoms with Crippen LogP contribution in [-0.4, -0.2) is 16.1 Å². The van der Waals surface area contributed by atoms with Gasteiger partial charge in [-0.15, -0.1) is 0 Å². The lowest BCUT2D eigenvalue weighted by Gasteiger charge is -2.15. The summed E-state index contributed by atoms with van der Waals surface area (Å²) in [7, 11) is 0. The average Bonchev–Trinajstić information content (AvgIpc) is 2.95. The van der Waals surface area contributed by atoms with Crippen molar-refractivity contribution in [1.29, 1.82) is 0 Å². The van der Waals surface area contributed by atoms with Crippen molar-refractivity contribution >= 4 is 16.9 Å². The van der Waals surface area contributed by atoms with Gasteiger partial charge in [0.15, 0.2) is 11.4 Å². The Labute approximate surface area is 215 Å². The van der Waals surface area contributed by atoms with E-state index in [1.54, 1.807) is 0 Å². The van der Waals surface area contributed by atoms with Crippen LogP contribution in [-0.2, 0) is 13.2 Å². The fraction of sp³-hybridized carbons (Fsp3) is 0.0625. The zero-order valence-electron chi connectivity index (χ0n) is 19.9. The molecule has 0 aliphatic rings. The van der Waals surface area contributed by atoms with Gasteiger partial charge in [-0.2, -0.15) is 0 Å². The van der Waals surface area contributed by atoms with Crippen molar-refractivity contribution in [3.05, 3.63) is 137 Å². The number of rotatable bonds is 7. The minimum Gasteiger partial charge on any atom is -0.488 e. The molecule has 0 unspecified atom stereocenters. The van der Waals surface area contributed by atoms with Crippen molar-refractivity contribution in [2.45, 2.75) is 13.2 Å². The molecule has 5 nitrogen and oxygen atoms in total. The Balaban J connectivity index is 1.61. The molecule has 0 saturated heterocycles. The third-order valence-corrected chi connectivity index (χ3v) is 5.69. The lowest BCUT2D eigenvalue weighted by Crippen LogP contribution is -2.06. The van der Waals surface area contributed by atoms with Gasteiger partial charge in [0.2, 0.25) is 0 Å². The number of aromatic carboxylic acids is 1. The van der Waals surface area contributed by atoms with Crippen LogP contribution in [0.3, 0.4) is 0 Å². The van der Waals surface area contributed by atoms with E-state index in [4.69, 9.17) is 9.47 Å². The molecule has 5 aromatic rings. The maximum atomic E-state index is 12.0. The SMILES string of the molecule is O=C(O)c1cc(OCc2ccccc2)c2ccc(C#Cc3ccccc3)c(OCc3ccccc3)c2n1. The molecule has 180 valence electrons. The highest BCUT2D eigenvalue weighted by atomic mass is 16.5. The first kappa shape index (κ1) is 23.7. The van der Waals surface area contributed by atoms with Crippen LogP contribution in [0.4, 0.5) is 0 Å². The number of hydrogen-bond acceptors (Lipinski definition) is 4. The molecule has 1 aromatic heterocycles. The fourth-order valence-corrected chi connectivity index (χ4v) is 3.84. The monoisotopic (exact) mass is 485 g/mol. The number of aromatic nitrogens is 1. The van der Waals surface area contributed by atoms with Gasteiger partial charge in [-0.3, -0.25) is 0 Å². The van der Waals surface area contributed by atoms with Gasteiger partial charge in [0.1, 0.15) is 24.5 Å². The quantitative estimate of drug-likeness (QED) is 0.267. The van der Waals surface area contributed by atoms with E-state index in [9.17, 15) is 9.90 Å². The van der Waals surface area contributed by atoms with Crippen molar-refractivity contribution in [3.63, 3.8) is 0 Å². The Morgan fingerprint density at radius 3 is 1.95 bits per heavy atom. The first-order valence-corrected chi connectivity index (χ1v) is 11.8. The summed E-state index contributed by atoms with van der Waals surface area (Å²) in [4.78, 5) is 16.4. The predicted octanol–water partition coefficient (Wildman–Crippen LogP) is 6.49. The van der Waals surface area contributed by atoms with Crippen LogP contribution >= 0.6 is 0 Å². The van der Waals surface area contributed by atoms with Crippen LogP contribution in [0, 0.1) is 11.8 Å². The highest BCUT2D eigenvalue weighted by Gasteiger charge is 2.18. The largest absolute Gasteiger partial charge is 0.488 e. The van der Waals surface area contributed by atoms with Crippen LogP contribution < -0.4 is 9.47 Å². The number of ether oxygens (including phenoxy) is 2. The zero-order valence-corrected chi connectivity index (χ0v) is 19.9. The third kappa shape index (κ3) is 5.77. The standard InChI is InChI=1S/C32H23NO4/c34-32(35)28-20-29(36-21-24-12-6-2-7-13-24)27-19-18-26(17-16-23-10-4-1-5-11-23)31(30(27)33-28)37-22-25-14-8-3-9-15-25/h1-15,18-20H,21-22H2,(H,34,35). The molecule has 0 aliphatic carbocycles. The fourth-order valence-electron chi connectivity index (χ4n) is 3.84. The summed E-state index contributed by atoms with van der Waals surface area (Å²) in [6.45, 7) is 0.563. The van der Waals surface area contributed by atoms with E-state index in [-0.39, 0.29) is 18.9 Å². The number of fused-ring (bicyclic) bond motifs is 1. The summed E-state index contributed by atoms with van der Waals surface area (Å²) in [5.41, 5.74) is 3.66. The highest BCUT2D eigenvalue weighted by molar-refractivity contribution is 5.96. The number of carbonyl (C=O) groups is 1. The molecular formula is C32H23NO4. The van der Waals surface area contributed by atoms with Crippen molar-refractivity contribution in [2.24, 2.45) is 0 Å². The van der Waals surface area contributed by atoms with Crippen LogP contribution in [0.5, 0.6) is 11.5 Å². The maximum Gasteiger partial charge on any atom is 0.354 e. The first-order valence-electron chi connectivity index (χ1n) is 11.8. The zero-order chi connectivity index (χ0) is 25.5. The van der Waals surface area contributed by atoms with Gasteiger partial charge in [0, 0.05) is 17.0 Å². The van der Waals surface area contributed by atoms with Gasteiger partial charge >= 0.3 is 5.97 Å². The molecule has 1 N–H and O–H groups in total. The van der Waals surface area contributed by atoms with E-state index in [0.29, 0.717) is 28.0 Å². The second-order valence-corrected chi connectivity index (χ2v) is 8.31. The van der Waals surface area contributed by atoms with Crippen molar-refractivity contribution in [3.8, 4) is 23.3 Å². The van der Waals surface area contributed by atoms with Gasteiger partial charge in [-0.1, -0.05) is 90.7 Å². The molecule has 0 saturated carbocycles. The van der Waals surface area contributed by atoms with E-state index >= 15 is 0 Å². The van der Waals surface area contributed by atoms with Crippen LogP contribution in [0.15, 0.2) is 109 Å². The Kier molecular flexibility index (Phi) is 7.10. The van der Waals surface area contributed by atoms with Crippen molar-refractivity contribution in [1.82, 2.24) is 4.98 Å². The smallest absolute Gasteiger partial charge is 0.354 e. The maximum absolute atomic E-state index is 12.0. The lowest BCUT2D eigenvalue weighted by molar-refractivity contribution is 0.0690. The van der Waals surface area contributed by atoms with E-state index in [1.807, 2.05) is 103 Å². The molecule has 1 heterocycles. The Bertz CT molecular complexity index is 1590. The van der Waals surface area contributed by atoms with Crippen molar-refractivity contribution in [2.75, 3.05) is 0 Å². The van der Waals surface area contributed by atoms with Crippen LogP contribution in [0.1, 0.15) is 32.7 Å². The average molecular weight is 486 g/mol. The summed E-state index contributed by atoms with van der Waals surface area (Å²) in [6, 6.07) is 34.2. The third-order valence-electron chi connectivity index (χ3n) is 5.69. The van der Waals surface area contributed by atoms with E-state index in [1.165, 1.54) is 6.07 Å². The van der Waals surface area contributed by atoms with Gasteiger partial charge in [0.25, 0.3) is 0 Å². The summed E-state index contributed by atoms with van der Waals surface area (Å²) in [5, 5.41) is 10.4. The molecule has 5 heteroatoms. The molecule has 4 aromatic carbocycles. The second-order valence-electron chi connectivity index (χ2n) is 8.31. The highest BCUT2D eigenvalue weighted by Crippen LogP contribution is 2.35. The Morgan fingerprint density at radius 2 is 1.32 bits per heavy atom. The normalized spacial score (nSPS) is 10.4. The summed E-state index contributed by atoms with van der Waals surface area (Å²) < 4.78 is 12.4. The lowest BCUT2D eigenvalue weighted by atomic mass is 10.1. The van der Waals surface area contributed by atoms with E-state index in [0.717, 1.165) is 16.7 Å². The number of pyridine rings is 1. The molecule has 0 bridgehead atoms.